The van der Waals surface area contributed by atoms with Crippen molar-refractivity contribution < 1.29 is 9.90 Å². The minimum atomic E-state index is -0.0377. The second-order valence-electron chi connectivity index (χ2n) is 4.08. The molecule has 0 aliphatic heterocycles. The minimum Gasteiger partial charge on any atom is -0.499 e. The molecule has 19 heavy (non-hydrogen) atoms. The SMILES string of the molecule is O=C(Cc1ccc(Br)s1)c1c(O)sc2ccccc12. The van der Waals surface area contributed by atoms with E-state index >= 15 is 0 Å². The molecule has 0 unspecified atom stereocenters. The number of hydrogen-bond donors (Lipinski definition) is 1. The van der Waals surface area contributed by atoms with E-state index in [1.165, 1.54) is 11.3 Å². The number of benzene rings is 1. The molecule has 0 fully saturated rings. The Morgan fingerprint density at radius 1 is 1.16 bits per heavy atom. The number of ketones is 1. The van der Waals surface area contributed by atoms with E-state index in [1.807, 2.05) is 36.4 Å². The third-order valence-corrected chi connectivity index (χ3v) is 5.42. The number of carbonyl (C=O) groups is 1. The average Bonchev–Trinajstić information content (AvgIpc) is 2.91. The fraction of sp³-hybridized carbons (Fsp3) is 0.0714. The number of Topliss-reactive ketones (excluding diaryl/α,β-unsaturated/α-hetero) is 1. The van der Waals surface area contributed by atoms with E-state index < -0.39 is 0 Å². The summed E-state index contributed by atoms with van der Waals surface area (Å²) in [6, 6.07) is 11.4. The van der Waals surface area contributed by atoms with Crippen LogP contribution < -0.4 is 0 Å². The van der Waals surface area contributed by atoms with Crippen LogP contribution in [0.5, 0.6) is 5.06 Å². The summed E-state index contributed by atoms with van der Waals surface area (Å²) in [6.07, 6.45) is 0.324. The van der Waals surface area contributed by atoms with Crippen LogP contribution in [0.3, 0.4) is 0 Å². The van der Waals surface area contributed by atoms with Crippen LogP contribution in [-0.2, 0) is 6.42 Å². The third-order valence-electron chi connectivity index (χ3n) is 2.82. The molecule has 5 heteroatoms. The van der Waals surface area contributed by atoms with E-state index in [2.05, 4.69) is 15.9 Å². The summed E-state index contributed by atoms with van der Waals surface area (Å²) >= 11 is 6.18. The van der Waals surface area contributed by atoms with Gasteiger partial charge in [0.05, 0.1) is 9.35 Å². The van der Waals surface area contributed by atoms with Crippen LogP contribution in [-0.4, -0.2) is 10.9 Å². The second-order valence-corrected chi connectivity index (χ2v) is 7.66. The molecule has 3 rings (SSSR count). The molecule has 0 bridgehead atoms. The molecular formula is C14H9BrO2S2. The lowest BCUT2D eigenvalue weighted by atomic mass is 10.1. The van der Waals surface area contributed by atoms with Crippen LogP contribution >= 0.6 is 38.6 Å². The average molecular weight is 353 g/mol. The maximum absolute atomic E-state index is 12.4. The molecule has 2 heterocycles. The molecular weight excluding hydrogens is 344 g/mol. The predicted octanol–water partition coefficient (Wildman–Crippen LogP) is 4.86. The number of fused-ring (bicyclic) bond motifs is 1. The third kappa shape index (κ3) is 2.45. The number of rotatable bonds is 3. The molecule has 0 amide bonds. The van der Waals surface area contributed by atoms with Crippen LogP contribution in [0.2, 0.25) is 0 Å². The van der Waals surface area contributed by atoms with E-state index in [9.17, 15) is 9.90 Å². The van der Waals surface area contributed by atoms with Crippen LogP contribution in [0.25, 0.3) is 10.1 Å². The zero-order valence-electron chi connectivity index (χ0n) is 9.72. The maximum Gasteiger partial charge on any atom is 0.183 e. The van der Waals surface area contributed by atoms with Gasteiger partial charge >= 0.3 is 0 Å². The monoisotopic (exact) mass is 352 g/mol. The summed E-state index contributed by atoms with van der Waals surface area (Å²) in [7, 11) is 0. The second kappa shape index (κ2) is 5.07. The van der Waals surface area contributed by atoms with Gasteiger partial charge in [-0.05, 0) is 34.1 Å². The van der Waals surface area contributed by atoms with Gasteiger partial charge in [0.1, 0.15) is 0 Å². The normalized spacial score (nSPS) is 11.0. The van der Waals surface area contributed by atoms with Gasteiger partial charge in [0.25, 0.3) is 0 Å². The summed E-state index contributed by atoms with van der Waals surface area (Å²) in [5.74, 6) is -0.0377. The number of aromatic hydroxyl groups is 1. The van der Waals surface area contributed by atoms with Crippen molar-refractivity contribution in [1.29, 1.82) is 0 Å². The summed E-state index contributed by atoms with van der Waals surface area (Å²) < 4.78 is 1.95. The Labute approximate surface area is 126 Å². The van der Waals surface area contributed by atoms with Crippen LogP contribution in [0.15, 0.2) is 40.2 Å². The van der Waals surface area contributed by atoms with Gasteiger partial charge < -0.3 is 5.11 Å². The van der Waals surface area contributed by atoms with Gasteiger partial charge in [-0.1, -0.05) is 29.5 Å². The molecule has 2 nitrogen and oxygen atoms in total. The Morgan fingerprint density at radius 3 is 2.68 bits per heavy atom. The first kappa shape index (κ1) is 12.8. The summed E-state index contributed by atoms with van der Waals surface area (Å²) in [4.78, 5) is 13.3. The highest BCUT2D eigenvalue weighted by Crippen LogP contribution is 2.37. The van der Waals surface area contributed by atoms with Crippen molar-refractivity contribution in [1.82, 2.24) is 0 Å². The Kier molecular flexibility index (Phi) is 3.43. The van der Waals surface area contributed by atoms with Crippen molar-refractivity contribution in [2.45, 2.75) is 6.42 Å². The maximum atomic E-state index is 12.4. The Bertz CT molecular complexity index is 758. The molecule has 0 saturated heterocycles. The van der Waals surface area contributed by atoms with Gasteiger partial charge in [-0.25, -0.2) is 0 Å². The highest BCUT2D eigenvalue weighted by molar-refractivity contribution is 9.11. The van der Waals surface area contributed by atoms with E-state index in [4.69, 9.17) is 0 Å². The fourth-order valence-electron chi connectivity index (χ4n) is 2.00. The van der Waals surface area contributed by atoms with Crippen molar-refractivity contribution in [3.05, 3.63) is 50.6 Å². The molecule has 0 spiro atoms. The highest BCUT2D eigenvalue weighted by atomic mass is 79.9. The van der Waals surface area contributed by atoms with Gasteiger partial charge in [0.15, 0.2) is 10.8 Å². The largest absolute Gasteiger partial charge is 0.499 e. The topological polar surface area (TPSA) is 37.3 Å². The van der Waals surface area contributed by atoms with Gasteiger partial charge in [-0.15, -0.1) is 11.3 Å². The predicted molar refractivity (Wildman–Crippen MR) is 83.5 cm³/mol. The zero-order chi connectivity index (χ0) is 13.4. The van der Waals surface area contributed by atoms with Crippen molar-refractivity contribution in [3.63, 3.8) is 0 Å². The Hall–Kier alpha value is -1.17. The number of halogens is 1. The molecule has 0 aliphatic rings. The van der Waals surface area contributed by atoms with Gasteiger partial charge in [-0.3, -0.25) is 4.79 Å². The van der Waals surface area contributed by atoms with Crippen LogP contribution in [0.4, 0.5) is 0 Å². The van der Waals surface area contributed by atoms with Crippen LogP contribution in [0, 0.1) is 0 Å². The quantitative estimate of drug-likeness (QED) is 0.683. The number of carbonyl (C=O) groups excluding carboxylic acids is 1. The van der Waals surface area contributed by atoms with Gasteiger partial charge in [0, 0.05) is 21.4 Å². The van der Waals surface area contributed by atoms with E-state index in [0.29, 0.717) is 12.0 Å². The minimum absolute atomic E-state index is 0.0377. The molecule has 0 saturated carbocycles. The van der Waals surface area contributed by atoms with Crippen molar-refractivity contribution in [2.75, 3.05) is 0 Å². The lowest BCUT2D eigenvalue weighted by molar-refractivity contribution is 0.0993. The van der Waals surface area contributed by atoms with Gasteiger partial charge in [-0.2, -0.15) is 0 Å². The first-order valence-corrected chi connectivity index (χ1v) is 8.05. The molecule has 0 radical (unpaired) electrons. The number of hydrogen-bond acceptors (Lipinski definition) is 4. The number of thiophene rings is 2. The molecule has 1 aromatic carbocycles. The first-order chi connectivity index (χ1) is 9.15. The highest BCUT2D eigenvalue weighted by Gasteiger charge is 2.19. The van der Waals surface area contributed by atoms with E-state index in [1.54, 1.807) is 11.3 Å². The zero-order valence-corrected chi connectivity index (χ0v) is 12.9. The van der Waals surface area contributed by atoms with Crippen LogP contribution in [0.1, 0.15) is 15.2 Å². The summed E-state index contributed by atoms with van der Waals surface area (Å²) in [6.45, 7) is 0. The van der Waals surface area contributed by atoms with Crippen molar-refractivity contribution in [2.24, 2.45) is 0 Å². The Balaban J connectivity index is 1.99. The van der Waals surface area contributed by atoms with E-state index in [-0.39, 0.29) is 10.8 Å². The van der Waals surface area contributed by atoms with E-state index in [0.717, 1.165) is 18.7 Å². The Morgan fingerprint density at radius 2 is 1.95 bits per heavy atom. The summed E-state index contributed by atoms with van der Waals surface area (Å²) in [5, 5.41) is 10.9. The first-order valence-electron chi connectivity index (χ1n) is 5.63. The summed E-state index contributed by atoms with van der Waals surface area (Å²) in [5.41, 5.74) is 0.449. The van der Waals surface area contributed by atoms with Crippen molar-refractivity contribution in [3.8, 4) is 5.06 Å². The van der Waals surface area contributed by atoms with Gasteiger partial charge in [0.2, 0.25) is 0 Å². The standard InChI is InChI=1S/C14H9BrO2S2/c15-12-6-5-8(18-12)7-10(16)13-9-3-1-2-4-11(9)19-14(13)17/h1-6,17H,7H2. The molecule has 3 aromatic rings. The molecule has 0 aliphatic carbocycles. The smallest absolute Gasteiger partial charge is 0.183 e. The fourth-order valence-corrected chi connectivity index (χ4v) is 4.44. The van der Waals surface area contributed by atoms with Crippen molar-refractivity contribution >= 4 is 54.5 Å². The molecule has 1 N–H and O–H groups in total. The molecule has 2 aromatic heterocycles. The molecule has 0 atom stereocenters. The lowest BCUT2D eigenvalue weighted by Crippen LogP contribution is -2.01. The lowest BCUT2D eigenvalue weighted by Gasteiger charge is -1.98. The molecule has 96 valence electrons.